The molecule has 4 heteroatoms. The molecule has 0 atom stereocenters. The van der Waals surface area contributed by atoms with Crippen LogP contribution in [0.5, 0.6) is 0 Å². The van der Waals surface area contributed by atoms with Gasteiger partial charge >= 0.3 is 0 Å². The molecule has 45 heavy (non-hydrogen) atoms. The summed E-state index contributed by atoms with van der Waals surface area (Å²) < 4.78 is 7.34. The van der Waals surface area contributed by atoms with E-state index in [1.165, 1.54) is 75.7 Å². The Kier molecular flexibility index (Phi) is 5.67. The van der Waals surface area contributed by atoms with Crippen LogP contribution >= 0.6 is 11.3 Å². The van der Waals surface area contributed by atoms with Gasteiger partial charge in [-0.3, -0.25) is 0 Å². The molecule has 0 aliphatic carbocycles. The van der Waals surface area contributed by atoms with E-state index < -0.39 is 0 Å². The van der Waals surface area contributed by atoms with Crippen LogP contribution in [0.25, 0.3) is 80.7 Å². The van der Waals surface area contributed by atoms with E-state index in [0.717, 1.165) is 16.8 Å². The predicted octanol–water partition coefficient (Wildman–Crippen LogP) is 11.5. The number of rotatable bonds is 5. The highest BCUT2D eigenvalue weighted by Gasteiger charge is 2.19. The minimum absolute atomic E-state index is 0.832. The first kappa shape index (κ1) is 25.8. The van der Waals surface area contributed by atoms with Gasteiger partial charge < -0.3 is 14.5 Å². The summed E-state index contributed by atoms with van der Waals surface area (Å²) in [5.74, 6) is 0. The molecule has 0 bridgehead atoms. The molecule has 1 N–H and O–H groups in total. The van der Waals surface area contributed by atoms with Gasteiger partial charge in [0.25, 0.3) is 0 Å². The topological polar surface area (TPSA) is 33.7 Å². The minimum Gasteiger partial charge on any atom is -0.309 e. The van der Waals surface area contributed by atoms with Gasteiger partial charge in [-0.2, -0.15) is 0 Å². The lowest BCUT2D eigenvalue weighted by Gasteiger charge is -2.10. The van der Waals surface area contributed by atoms with Crippen molar-refractivity contribution >= 4 is 86.9 Å². The molecule has 9 rings (SSSR count). The number of aromatic nitrogens is 2. The lowest BCUT2D eigenvalue weighted by molar-refractivity contribution is 1.18. The van der Waals surface area contributed by atoms with Crippen molar-refractivity contribution in [3.63, 3.8) is 0 Å². The second-order valence-electron chi connectivity index (χ2n) is 11.4. The van der Waals surface area contributed by atoms with Gasteiger partial charge in [0.2, 0.25) is 0 Å². The highest BCUT2D eigenvalue weighted by molar-refractivity contribution is 7.26. The molecule has 0 unspecified atom stereocenters. The van der Waals surface area contributed by atoms with Gasteiger partial charge in [0, 0.05) is 59.3 Å². The predicted molar refractivity (Wildman–Crippen MR) is 195 cm³/mol. The van der Waals surface area contributed by atoms with Crippen LogP contribution in [0.2, 0.25) is 0 Å². The van der Waals surface area contributed by atoms with E-state index in [1.807, 2.05) is 17.4 Å². The van der Waals surface area contributed by atoms with Crippen molar-refractivity contribution in [3.05, 3.63) is 152 Å². The molecule has 0 radical (unpaired) electrons. The first-order valence-corrected chi connectivity index (χ1v) is 15.9. The monoisotopic (exact) mass is 593 g/mol. The number of allylic oxidation sites excluding steroid dienone is 3. The zero-order chi connectivity index (χ0) is 30.1. The zero-order valence-corrected chi connectivity index (χ0v) is 25.2. The maximum Gasteiger partial charge on any atom is 0.0555 e. The summed E-state index contributed by atoms with van der Waals surface area (Å²) in [5, 5.41) is 15.6. The lowest BCUT2D eigenvalue weighted by atomic mass is 10.1. The van der Waals surface area contributed by atoms with Crippen LogP contribution < -0.4 is 0 Å². The fourth-order valence-electron chi connectivity index (χ4n) is 7.07. The summed E-state index contributed by atoms with van der Waals surface area (Å²) in [6, 6.07) is 46.0. The van der Waals surface area contributed by atoms with Crippen LogP contribution in [0.15, 0.2) is 146 Å². The Hall–Kier alpha value is -5.71. The molecule has 0 aliphatic rings. The van der Waals surface area contributed by atoms with Crippen LogP contribution in [-0.2, 0) is 0 Å². The van der Waals surface area contributed by atoms with Gasteiger partial charge in [0.05, 0.1) is 22.1 Å². The van der Waals surface area contributed by atoms with Gasteiger partial charge in [0.1, 0.15) is 0 Å². The SMILES string of the molecule is C=C/C=C(\C=N)c1cccc(-n2c3ccccc3c3c4sc5ccc(-n6c7ccccc7c7ccccc76)cc5c4ccc32)c1. The molecule has 212 valence electrons. The van der Waals surface area contributed by atoms with Gasteiger partial charge in [-0.1, -0.05) is 91.5 Å². The number of fused-ring (bicyclic) bond motifs is 10. The summed E-state index contributed by atoms with van der Waals surface area (Å²) in [5.41, 5.74) is 8.87. The molecule has 9 aromatic rings. The Morgan fingerprint density at radius 2 is 1.22 bits per heavy atom. The van der Waals surface area contributed by atoms with Crippen LogP contribution in [0.4, 0.5) is 0 Å². The number of hydrogen-bond acceptors (Lipinski definition) is 2. The van der Waals surface area contributed by atoms with E-state index in [1.54, 1.807) is 6.08 Å². The number of benzene rings is 6. The van der Waals surface area contributed by atoms with Crippen LogP contribution in [0.1, 0.15) is 5.56 Å². The number of hydrogen-bond donors (Lipinski definition) is 1. The number of nitrogens with zero attached hydrogens (tertiary/aromatic N) is 2. The quantitative estimate of drug-likeness (QED) is 0.152. The third-order valence-electron chi connectivity index (χ3n) is 8.99. The van der Waals surface area contributed by atoms with Gasteiger partial charge in [-0.25, -0.2) is 0 Å². The second-order valence-corrected chi connectivity index (χ2v) is 12.4. The molecular weight excluding hydrogens is 567 g/mol. The molecule has 0 fully saturated rings. The second kappa shape index (κ2) is 9.91. The van der Waals surface area contributed by atoms with E-state index in [9.17, 15) is 0 Å². The normalized spacial score (nSPS) is 12.3. The molecule has 0 amide bonds. The minimum atomic E-state index is 0.832. The molecule has 3 heterocycles. The van der Waals surface area contributed by atoms with Gasteiger partial charge in [0.15, 0.2) is 0 Å². The molecule has 0 spiro atoms. The lowest BCUT2D eigenvalue weighted by Crippen LogP contribution is -1.95. The first-order valence-electron chi connectivity index (χ1n) is 15.1. The molecular formula is C41H27N3S. The van der Waals surface area contributed by atoms with Crippen molar-refractivity contribution < 1.29 is 0 Å². The fourth-order valence-corrected chi connectivity index (χ4v) is 8.31. The van der Waals surface area contributed by atoms with Crippen molar-refractivity contribution in [1.29, 1.82) is 5.41 Å². The van der Waals surface area contributed by atoms with E-state index >= 15 is 0 Å². The van der Waals surface area contributed by atoms with Gasteiger partial charge in [-0.05, 0) is 65.7 Å². The molecule has 0 saturated carbocycles. The van der Waals surface area contributed by atoms with Crippen LogP contribution in [0.3, 0.4) is 0 Å². The van der Waals surface area contributed by atoms with Gasteiger partial charge in [-0.15, -0.1) is 11.3 Å². The zero-order valence-electron chi connectivity index (χ0n) is 24.4. The molecule has 3 nitrogen and oxygen atoms in total. The van der Waals surface area contributed by atoms with Crippen molar-refractivity contribution in [2.75, 3.05) is 0 Å². The Bertz CT molecular complexity index is 2640. The Morgan fingerprint density at radius 3 is 1.93 bits per heavy atom. The highest BCUT2D eigenvalue weighted by Crippen LogP contribution is 2.44. The smallest absolute Gasteiger partial charge is 0.0555 e. The maximum absolute atomic E-state index is 7.94. The average Bonchev–Trinajstić information content (AvgIpc) is 3.74. The Morgan fingerprint density at radius 1 is 0.578 bits per heavy atom. The average molecular weight is 594 g/mol. The summed E-state index contributed by atoms with van der Waals surface area (Å²) in [6.07, 6.45) is 5.01. The van der Waals surface area contributed by atoms with Crippen molar-refractivity contribution in [1.82, 2.24) is 9.13 Å². The number of thiophene rings is 1. The summed E-state index contributed by atoms with van der Waals surface area (Å²) in [6.45, 7) is 3.84. The van der Waals surface area contributed by atoms with E-state index in [0.29, 0.717) is 0 Å². The van der Waals surface area contributed by atoms with Crippen LogP contribution in [0, 0.1) is 5.41 Å². The van der Waals surface area contributed by atoms with E-state index in [-0.39, 0.29) is 0 Å². The standard InChI is InChI=1S/C41H27N3S/c1-2-10-27(25-42)26-11-9-12-28(23-26)44-37-18-8-5-15-33(37)40-38(44)21-20-32-34-24-29(19-22-39(34)45-41(32)40)43-35-16-6-3-13-30(35)31-14-4-7-17-36(31)43/h2-25,42H,1H2/b27-10+,42-25?. The fraction of sp³-hybridized carbons (Fsp3) is 0. The van der Waals surface area contributed by atoms with Crippen molar-refractivity contribution in [2.24, 2.45) is 0 Å². The Balaban J connectivity index is 1.31. The molecule has 0 aliphatic heterocycles. The maximum atomic E-state index is 7.94. The molecule has 3 aromatic heterocycles. The van der Waals surface area contributed by atoms with Crippen LogP contribution in [-0.4, -0.2) is 15.3 Å². The summed E-state index contributed by atoms with van der Waals surface area (Å²) >= 11 is 1.87. The number of para-hydroxylation sites is 3. The third kappa shape index (κ3) is 3.73. The first-order chi connectivity index (χ1) is 22.2. The summed E-state index contributed by atoms with van der Waals surface area (Å²) in [4.78, 5) is 0. The highest BCUT2D eigenvalue weighted by atomic mass is 32.1. The summed E-state index contributed by atoms with van der Waals surface area (Å²) in [7, 11) is 0. The third-order valence-corrected chi connectivity index (χ3v) is 10.2. The Labute approximate surface area is 263 Å². The molecule has 6 aromatic carbocycles. The molecule has 0 saturated heterocycles. The largest absolute Gasteiger partial charge is 0.309 e. The van der Waals surface area contributed by atoms with E-state index in [4.69, 9.17) is 5.41 Å². The van der Waals surface area contributed by atoms with Crippen molar-refractivity contribution in [2.45, 2.75) is 0 Å². The van der Waals surface area contributed by atoms with Crippen molar-refractivity contribution in [3.8, 4) is 11.4 Å². The van der Waals surface area contributed by atoms with E-state index in [2.05, 4.69) is 143 Å². The number of nitrogens with one attached hydrogen (secondary N) is 1.